The van der Waals surface area contributed by atoms with Crippen molar-refractivity contribution < 1.29 is 28.2 Å². The van der Waals surface area contributed by atoms with Crippen molar-refractivity contribution in [1.82, 2.24) is 4.90 Å². The maximum atomic E-state index is 14.1. The average molecular weight is 361 g/mol. The molecule has 0 unspecified atom stereocenters. The molecule has 5 nitrogen and oxygen atoms in total. The van der Waals surface area contributed by atoms with E-state index in [2.05, 4.69) is 0 Å². The lowest BCUT2D eigenvalue weighted by molar-refractivity contribution is 0.0727. The number of nitrogens with zero attached hydrogens (tertiary/aromatic N) is 1. The van der Waals surface area contributed by atoms with Gasteiger partial charge in [-0.1, -0.05) is 6.07 Å². The molecule has 2 aliphatic rings. The van der Waals surface area contributed by atoms with Crippen molar-refractivity contribution in [3.63, 3.8) is 0 Å². The second-order valence-electron chi connectivity index (χ2n) is 6.34. The maximum absolute atomic E-state index is 14.1. The zero-order valence-corrected chi connectivity index (χ0v) is 13.9. The van der Waals surface area contributed by atoms with Crippen LogP contribution < -0.4 is 9.47 Å². The minimum absolute atomic E-state index is 0.276. The molecular formula is C19H17F2NO4. The van der Waals surface area contributed by atoms with Crippen molar-refractivity contribution in [2.45, 2.75) is 18.9 Å². The Morgan fingerprint density at radius 1 is 1.12 bits per heavy atom. The molecule has 2 aliphatic heterocycles. The van der Waals surface area contributed by atoms with Gasteiger partial charge < -0.3 is 19.5 Å². The summed E-state index contributed by atoms with van der Waals surface area (Å²) in [6.07, 6.45) is 1.45. The number of phenols is 1. The highest BCUT2D eigenvalue weighted by atomic mass is 19.1. The third-order valence-electron chi connectivity index (χ3n) is 4.71. The Balaban J connectivity index is 1.66. The van der Waals surface area contributed by atoms with Gasteiger partial charge in [0.05, 0.1) is 6.04 Å². The van der Waals surface area contributed by atoms with Gasteiger partial charge in [0.25, 0.3) is 5.91 Å². The second-order valence-corrected chi connectivity index (χ2v) is 6.34. The smallest absolute Gasteiger partial charge is 0.261 e. The van der Waals surface area contributed by atoms with Gasteiger partial charge in [-0.3, -0.25) is 4.79 Å². The molecule has 0 spiro atoms. The third-order valence-corrected chi connectivity index (χ3v) is 4.71. The summed E-state index contributed by atoms with van der Waals surface area (Å²) in [5, 5.41) is 9.85. The predicted octanol–water partition coefficient (Wildman–Crippen LogP) is 3.42. The summed E-state index contributed by atoms with van der Waals surface area (Å²) in [6.45, 7) is 1.37. The van der Waals surface area contributed by atoms with E-state index in [1.54, 1.807) is 6.07 Å². The highest BCUT2D eigenvalue weighted by Gasteiger charge is 2.34. The molecule has 1 fully saturated rings. The number of rotatable bonds is 2. The van der Waals surface area contributed by atoms with Crippen molar-refractivity contribution in [3.8, 4) is 17.2 Å². The highest BCUT2D eigenvalue weighted by Crippen LogP contribution is 2.39. The maximum Gasteiger partial charge on any atom is 0.261 e. The van der Waals surface area contributed by atoms with Crippen LogP contribution in [0.1, 0.15) is 34.8 Å². The summed E-state index contributed by atoms with van der Waals surface area (Å²) >= 11 is 0. The van der Waals surface area contributed by atoms with E-state index in [4.69, 9.17) is 9.47 Å². The minimum atomic E-state index is -1.07. The summed E-state index contributed by atoms with van der Waals surface area (Å²) in [4.78, 5) is 14.3. The molecule has 1 saturated heterocycles. The molecule has 7 heteroatoms. The van der Waals surface area contributed by atoms with Crippen molar-refractivity contribution >= 4 is 5.91 Å². The van der Waals surface area contributed by atoms with E-state index in [0.29, 0.717) is 43.7 Å². The fraction of sp³-hybridized carbons (Fsp3) is 0.316. The van der Waals surface area contributed by atoms with Gasteiger partial charge in [-0.05, 0) is 30.5 Å². The lowest BCUT2D eigenvalue weighted by Gasteiger charge is -2.27. The molecule has 0 saturated carbocycles. The second kappa shape index (κ2) is 6.48. The first-order valence-corrected chi connectivity index (χ1v) is 8.43. The van der Waals surface area contributed by atoms with Crippen LogP contribution in [0.15, 0.2) is 30.3 Å². The van der Waals surface area contributed by atoms with Crippen LogP contribution in [0.3, 0.4) is 0 Å². The minimum Gasteiger partial charge on any atom is -0.507 e. The zero-order chi connectivity index (χ0) is 18.3. The Morgan fingerprint density at radius 3 is 2.65 bits per heavy atom. The monoisotopic (exact) mass is 361 g/mol. The van der Waals surface area contributed by atoms with Gasteiger partial charge in [0, 0.05) is 18.7 Å². The molecule has 4 rings (SSSR count). The topological polar surface area (TPSA) is 59.0 Å². The van der Waals surface area contributed by atoms with E-state index >= 15 is 0 Å². The fourth-order valence-electron chi connectivity index (χ4n) is 3.54. The van der Waals surface area contributed by atoms with E-state index in [0.717, 1.165) is 18.1 Å². The summed E-state index contributed by atoms with van der Waals surface area (Å²) < 4.78 is 38.4. The number of fused-ring (bicyclic) bond motifs is 1. The number of carbonyl (C=O) groups excluding carboxylic acids is 1. The number of ether oxygens (including phenoxy) is 2. The number of phenolic OH excluding ortho intramolecular Hbond substituents is 1. The molecule has 1 N–H and O–H groups in total. The molecule has 0 radical (unpaired) electrons. The van der Waals surface area contributed by atoms with Gasteiger partial charge in [-0.25, -0.2) is 8.78 Å². The quantitative estimate of drug-likeness (QED) is 0.891. The highest BCUT2D eigenvalue weighted by molar-refractivity contribution is 5.97. The van der Waals surface area contributed by atoms with Crippen LogP contribution >= 0.6 is 0 Å². The number of benzene rings is 2. The van der Waals surface area contributed by atoms with Gasteiger partial charge >= 0.3 is 0 Å². The third kappa shape index (κ3) is 2.83. The Hall–Kier alpha value is -2.83. The van der Waals surface area contributed by atoms with Crippen LogP contribution in [0.5, 0.6) is 17.2 Å². The summed E-state index contributed by atoms with van der Waals surface area (Å²) in [6, 6.07) is 6.53. The van der Waals surface area contributed by atoms with E-state index in [1.165, 1.54) is 4.90 Å². The molecular weight excluding hydrogens is 344 g/mol. The zero-order valence-electron chi connectivity index (χ0n) is 13.9. The molecule has 2 heterocycles. The van der Waals surface area contributed by atoms with Crippen LogP contribution in [-0.4, -0.2) is 35.7 Å². The number of hydrogen-bond donors (Lipinski definition) is 1. The Labute approximate surface area is 148 Å². The van der Waals surface area contributed by atoms with Crippen LogP contribution in [0.4, 0.5) is 8.78 Å². The van der Waals surface area contributed by atoms with Crippen LogP contribution in [0.2, 0.25) is 0 Å². The summed E-state index contributed by atoms with van der Waals surface area (Å²) in [5.41, 5.74) is 0.345. The molecule has 136 valence electrons. The Morgan fingerprint density at radius 2 is 1.88 bits per heavy atom. The fourth-order valence-corrected chi connectivity index (χ4v) is 3.54. The number of halogens is 2. The van der Waals surface area contributed by atoms with Crippen molar-refractivity contribution in [3.05, 3.63) is 53.1 Å². The number of aromatic hydroxyl groups is 1. The average Bonchev–Trinajstić information content (AvgIpc) is 3.10. The Kier molecular flexibility index (Phi) is 4.14. The van der Waals surface area contributed by atoms with E-state index in [1.807, 2.05) is 12.1 Å². The first-order chi connectivity index (χ1) is 12.5. The number of carbonyl (C=O) groups is 1. The molecule has 0 aliphatic carbocycles. The molecule has 2 aromatic rings. The van der Waals surface area contributed by atoms with Gasteiger partial charge in [0.2, 0.25) is 0 Å². The van der Waals surface area contributed by atoms with Crippen LogP contribution in [0, 0.1) is 11.6 Å². The van der Waals surface area contributed by atoms with Gasteiger partial charge in [-0.15, -0.1) is 0 Å². The molecule has 26 heavy (non-hydrogen) atoms. The molecule has 1 amide bonds. The van der Waals surface area contributed by atoms with Gasteiger partial charge in [-0.2, -0.15) is 0 Å². The number of likely N-dealkylation sites (tertiary alicyclic amines) is 1. The molecule has 0 bridgehead atoms. The van der Waals surface area contributed by atoms with Gasteiger partial charge in [0.15, 0.2) is 11.5 Å². The van der Waals surface area contributed by atoms with Gasteiger partial charge in [0.1, 0.15) is 36.2 Å². The SMILES string of the molecule is O=C(c1c(O)cc(F)cc1F)N1CCC[C@@H]1c1ccc2c(c1)OCCO2. The van der Waals surface area contributed by atoms with Crippen LogP contribution in [0.25, 0.3) is 0 Å². The summed E-state index contributed by atoms with van der Waals surface area (Å²) in [7, 11) is 0. The van der Waals surface area contributed by atoms with Crippen molar-refractivity contribution in [2.75, 3.05) is 19.8 Å². The molecule has 2 aromatic carbocycles. The summed E-state index contributed by atoms with van der Waals surface area (Å²) in [5.74, 6) is -2.08. The van der Waals surface area contributed by atoms with E-state index in [9.17, 15) is 18.7 Å². The lowest BCUT2D eigenvalue weighted by atomic mass is 10.0. The molecule has 1 atom stereocenters. The standard InChI is InChI=1S/C19H17F2NO4/c20-12-9-13(21)18(15(23)10-12)19(24)22-5-1-2-14(22)11-3-4-16-17(8-11)26-7-6-25-16/h3-4,8-10,14,23H,1-2,5-7H2/t14-/m1/s1. The number of hydrogen-bond acceptors (Lipinski definition) is 4. The lowest BCUT2D eigenvalue weighted by Crippen LogP contribution is -2.31. The van der Waals surface area contributed by atoms with Crippen molar-refractivity contribution in [1.29, 1.82) is 0 Å². The molecule has 0 aromatic heterocycles. The van der Waals surface area contributed by atoms with Crippen molar-refractivity contribution in [2.24, 2.45) is 0 Å². The first-order valence-electron chi connectivity index (χ1n) is 8.43. The predicted molar refractivity (Wildman–Crippen MR) is 88.5 cm³/mol. The van der Waals surface area contributed by atoms with E-state index < -0.39 is 28.9 Å². The van der Waals surface area contributed by atoms with E-state index in [-0.39, 0.29) is 6.04 Å². The largest absolute Gasteiger partial charge is 0.507 e. The normalized spacial score (nSPS) is 18.8. The Bertz CT molecular complexity index is 848. The first kappa shape index (κ1) is 16.6. The van der Waals surface area contributed by atoms with Crippen LogP contribution in [-0.2, 0) is 0 Å². The number of amides is 1.